The summed E-state index contributed by atoms with van der Waals surface area (Å²) in [7, 11) is 0. The predicted octanol–water partition coefficient (Wildman–Crippen LogP) is 5.47. The van der Waals surface area contributed by atoms with Crippen molar-refractivity contribution in [1.82, 2.24) is 5.32 Å². The van der Waals surface area contributed by atoms with Gasteiger partial charge in [0, 0.05) is 26.9 Å². The molecule has 1 aromatic carbocycles. The van der Waals surface area contributed by atoms with E-state index in [-0.39, 0.29) is 0 Å². The van der Waals surface area contributed by atoms with Crippen LogP contribution in [0.15, 0.2) is 42.0 Å². The Labute approximate surface area is 130 Å². The zero-order chi connectivity index (χ0) is 14.4. The molecule has 0 spiro atoms. The number of benzene rings is 1. The molecule has 2 aromatic rings. The number of nitrogens with one attached hydrogen (secondary N) is 1. The van der Waals surface area contributed by atoms with E-state index in [1.807, 2.05) is 18.2 Å². The van der Waals surface area contributed by atoms with Crippen LogP contribution in [0.25, 0.3) is 16.5 Å². The molecule has 2 rings (SSSR count). The quantitative estimate of drug-likeness (QED) is 0.698. The fourth-order valence-corrected chi connectivity index (χ4v) is 3.36. The molecule has 1 nitrogen and oxygen atoms in total. The van der Waals surface area contributed by atoms with Gasteiger partial charge in [-0.25, -0.2) is 0 Å². The van der Waals surface area contributed by atoms with Crippen LogP contribution < -0.4 is 5.32 Å². The monoisotopic (exact) mass is 305 g/mol. The first-order chi connectivity index (χ1) is 9.70. The highest BCUT2D eigenvalue weighted by molar-refractivity contribution is 7.16. The van der Waals surface area contributed by atoms with Crippen LogP contribution >= 0.6 is 22.9 Å². The Bertz CT molecular complexity index is 586. The van der Waals surface area contributed by atoms with Gasteiger partial charge in [-0.05, 0) is 44.2 Å². The van der Waals surface area contributed by atoms with Crippen molar-refractivity contribution in [2.24, 2.45) is 0 Å². The number of thiophene rings is 1. The topological polar surface area (TPSA) is 12.0 Å². The highest BCUT2D eigenvalue weighted by Crippen LogP contribution is 2.33. The zero-order valence-corrected chi connectivity index (χ0v) is 13.5. The van der Waals surface area contributed by atoms with Crippen molar-refractivity contribution in [3.63, 3.8) is 0 Å². The Balaban J connectivity index is 2.09. The smallest absolute Gasteiger partial charge is 0.0492 e. The van der Waals surface area contributed by atoms with Crippen LogP contribution in [0.1, 0.15) is 25.1 Å². The lowest BCUT2D eigenvalue weighted by Crippen LogP contribution is -2.16. The van der Waals surface area contributed by atoms with Gasteiger partial charge in [-0.1, -0.05) is 42.3 Å². The third kappa shape index (κ3) is 4.20. The highest BCUT2D eigenvalue weighted by Gasteiger charge is 2.05. The van der Waals surface area contributed by atoms with Crippen molar-refractivity contribution in [2.75, 3.05) is 13.1 Å². The van der Waals surface area contributed by atoms with Gasteiger partial charge in [-0.2, -0.15) is 0 Å². The summed E-state index contributed by atoms with van der Waals surface area (Å²) in [5, 5.41) is 4.23. The Hall–Kier alpha value is -1.09. The maximum atomic E-state index is 6.24. The van der Waals surface area contributed by atoms with Gasteiger partial charge in [-0.3, -0.25) is 0 Å². The van der Waals surface area contributed by atoms with E-state index >= 15 is 0 Å². The van der Waals surface area contributed by atoms with Crippen molar-refractivity contribution in [3.05, 3.63) is 51.9 Å². The third-order valence-electron chi connectivity index (χ3n) is 2.99. The first kappa shape index (κ1) is 15.3. The second kappa shape index (κ2) is 7.63. The molecule has 0 radical (unpaired) electrons. The molecule has 1 N–H and O–H groups in total. The molecule has 0 saturated heterocycles. The van der Waals surface area contributed by atoms with Crippen LogP contribution in [-0.2, 0) is 0 Å². The summed E-state index contributed by atoms with van der Waals surface area (Å²) in [4.78, 5) is 2.49. The first-order valence-corrected chi connectivity index (χ1v) is 8.12. The van der Waals surface area contributed by atoms with Crippen molar-refractivity contribution in [2.45, 2.75) is 20.3 Å². The molecule has 106 valence electrons. The molecule has 0 bridgehead atoms. The molecule has 1 aromatic heterocycles. The van der Waals surface area contributed by atoms with Crippen LogP contribution in [0.5, 0.6) is 0 Å². The van der Waals surface area contributed by atoms with E-state index in [2.05, 4.69) is 43.4 Å². The van der Waals surface area contributed by atoms with E-state index in [1.54, 1.807) is 11.3 Å². The van der Waals surface area contributed by atoms with Gasteiger partial charge < -0.3 is 5.32 Å². The molecule has 3 heteroatoms. The van der Waals surface area contributed by atoms with Crippen molar-refractivity contribution >= 4 is 29.0 Å². The van der Waals surface area contributed by atoms with Crippen LogP contribution in [0, 0.1) is 0 Å². The molecular formula is C17H20ClNS. The summed E-state index contributed by atoms with van der Waals surface area (Å²) in [5.41, 5.74) is 2.46. The lowest BCUT2D eigenvalue weighted by Gasteiger charge is -2.02. The SMILES string of the molecule is CCCNCC(C)=Cc1ccc(-c2ccccc2Cl)s1. The van der Waals surface area contributed by atoms with Crippen molar-refractivity contribution in [3.8, 4) is 10.4 Å². The number of halogens is 1. The Kier molecular flexibility index (Phi) is 5.84. The number of hydrogen-bond donors (Lipinski definition) is 1. The van der Waals surface area contributed by atoms with Crippen LogP contribution in [-0.4, -0.2) is 13.1 Å². The molecule has 20 heavy (non-hydrogen) atoms. The van der Waals surface area contributed by atoms with E-state index in [4.69, 9.17) is 11.6 Å². The lowest BCUT2D eigenvalue weighted by molar-refractivity contribution is 0.715. The van der Waals surface area contributed by atoms with Crippen LogP contribution in [0.3, 0.4) is 0 Å². The average Bonchev–Trinajstić information content (AvgIpc) is 2.88. The third-order valence-corrected chi connectivity index (χ3v) is 4.38. The van der Waals surface area contributed by atoms with Gasteiger partial charge in [0.25, 0.3) is 0 Å². The van der Waals surface area contributed by atoms with E-state index < -0.39 is 0 Å². The van der Waals surface area contributed by atoms with E-state index in [0.717, 1.165) is 23.7 Å². The second-order valence-corrected chi connectivity index (χ2v) is 6.37. The molecule has 0 aliphatic carbocycles. The molecule has 0 fully saturated rings. The zero-order valence-electron chi connectivity index (χ0n) is 11.9. The Morgan fingerprint density at radius 1 is 1.25 bits per heavy atom. The predicted molar refractivity (Wildman–Crippen MR) is 91.6 cm³/mol. The largest absolute Gasteiger partial charge is 0.313 e. The molecule has 0 amide bonds. The minimum atomic E-state index is 0.811. The van der Waals surface area contributed by atoms with Gasteiger partial charge in [0.05, 0.1) is 0 Å². The summed E-state index contributed by atoms with van der Waals surface area (Å²) in [5.74, 6) is 0. The minimum absolute atomic E-state index is 0.811. The maximum absolute atomic E-state index is 6.24. The second-order valence-electron chi connectivity index (χ2n) is 4.85. The fraction of sp³-hybridized carbons (Fsp3) is 0.294. The summed E-state index contributed by atoms with van der Waals surface area (Å²) in [6.07, 6.45) is 3.41. The Morgan fingerprint density at radius 2 is 2.05 bits per heavy atom. The molecule has 0 atom stereocenters. The van der Waals surface area contributed by atoms with Gasteiger partial charge in [0.1, 0.15) is 0 Å². The van der Waals surface area contributed by atoms with Gasteiger partial charge >= 0.3 is 0 Å². The molecule has 0 unspecified atom stereocenters. The minimum Gasteiger partial charge on any atom is -0.313 e. The van der Waals surface area contributed by atoms with Crippen LogP contribution in [0.4, 0.5) is 0 Å². The molecule has 0 aliphatic rings. The molecule has 1 heterocycles. The van der Waals surface area contributed by atoms with Gasteiger partial charge in [0.15, 0.2) is 0 Å². The van der Waals surface area contributed by atoms with E-state index in [9.17, 15) is 0 Å². The average molecular weight is 306 g/mol. The molecular weight excluding hydrogens is 286 g/mol. The van der Waals surface area contributed by atoms with Crippen molar-refractivity contribution < 1.29 is 0 Å². The Morgan fingerprint density at radius 3 is 2.80 bits per heavy atom. The first-order valence-electron chi connectivity index (χ1n) is 6.93. The van der Waals surface area contributed by atoms with Crippen LogP contribution in [0.2, 0.25) is 5.02 Å². The summed E-state index contributed by atoms with van der Waals surface area (Å²) in [6, 6.07) is 12.3. The summed E-state index contributed by atoms with van der Waals surface area (Å²) < 4.78 is 0. The van der Waals surface area contributed by atoms with Gasteiger partial charge in [-0.15, -0.1) is 11.3 Å². The van der Waals surface area contributed by atoms with Crippen molar-refractivity contribution in [1.29, 1.82) is 0 Å². The number of rotatable bonds is 6. The standard InChI is InChI=1S/C17H20ClNS/c1-3-10-19-12-13(2)11-14-8-9-17(20-14)15-6-4-5-7-16(15)18/h4-9,11,19H,3,10,12H2,1-2H3. The summed E-state index contributed by atoms with van der Waals surface area (Å²) >= 11 is 8.02. The summed E-state index contributed by atoms with van der Waals surface area (Å²) in [6.45, 7) is 6.37. The highest BCUT2D eigenvalue weighted by atomic mass is 35.5. The maximum Gasteiger partial charge on any atom is 0.0492 e. The molecule has 0 saturated carbocycles. The molecule has 0 aliphatic heterocycles. The number of hydrogen-bond acceptors (Lipinski definition) is 2. The van der Waals surface area contributed by atoms with Gasteiger partial charge in [0.2, 0.25) is 0 Å². The fourth-order valence-electron chi connectivity index (χ4n) is 1.99. The normalized spacial score (nSPS) is 11.8. The van der Waals surface area contributed by atoms with E-state index in [1.165, 1.54) is 21.7 Å². The lowest BCUT2D eigenvalue weighted by atomic mass is 10.2. The van der Waals surface area contributed by atoms with E-state index in [0.29, 0.717) is 0 Å².